The maximum Gasteiger partial charge on any atom is 0.319 e. The zero-order chi connectivity index (χ0) is 13.4. The highest BCUT2D eigenvalue weighted by Gasteiger charge is 2.12. The molecule has 18 heavy (non-hydrogen) atoms. The topological polar surface area (TPSA) is 79.8 Å². The number of amides is 2. The number of carbonyl (C=O) groups excluding carboxylic acids is 1. The predicted molar refractivity (Wildman–Crippen MR) is 68.3 cm³/mol. The Kier molecular flexibility index (Phi) is 5.79. The summed E-state index contributed by atoms with van der Waals surface area (Å²) in [5, 5.41) is 13.9. The number of hydrogen-bond donors (Lipinski definition) is 3. The molecule has 0 saturated heterocycles. The van der Waals surface area contributed by atoms with Crippen molar-refractivity contribution in [2.75, 3.05) is 32.7 Å². The number of anilines is 1. The van der Waals surface area contributed by atoms with Crippen molar-refractivity contribution in [3.8, 4) is 11.5 Å². The zero-order valence-corrected chi connectivity index (χ0v) is 10.5. The van der Waals surface area contributed by atoms with Gasteiger partial charge in [0, 0.05) is 13.2 Å². The van der Waals surface area contributed by atoms with E-state index in [0.29, 0.717) is 30.2 Å². The van der Waals surface area contributed by atoms with Crippen molar-refractivity contribution in [1.82, 2.24) is 5.32 Å². The number of hydrogen-bond acceptors (Lipinski definition) is 4. The standard InChI is InChI=1S/C12H18N2O4/c1-17-9-5-3-6-10(18-2)11(9)14-12(16)13-7-4-8-15/h3,5-6,15H,4,7-8H2,1-2H3,(H2,13,14,16). The first-order valence-corrected chi connectivity index (χ1v) is 5.59. The molecule has 0 heterocycles. The summed E-state index contributed by atoms with van der Waals surface area (Å²) < 4.78 is 10.3. The van der Waals surface area contributed by atoms with Crippen LogP contribution in [0.4, 0.5) is 10.5 Å². The van der Waals surface area contributed by atoms with E-state index in [-0.39, 0.29) is 12.6 Å². The van der Waals surface area contributed by atoms with Gasteiger partial charge >= 0.3 is 6.03 Å². The molecule has 0 aromatic heterocycles. The monoisotopic (exact) mass is 254 g/mol. The van der Waals surface area contributed by atoms with E-state index >= 15 is 0 Å². The van der Waals surface area contributed by atoms with Crippen molar-refractivity contribution in [1.29, 1.82) is 0 Å². The van der Waals surface area contributed by atoms with E-state index in [0.717, 1.165) is 0 Å². The van der Waals surface area contributed by atoms with Gasteiger partial charge in [0.15, 0.2) is 0 Å². The van der Waals surface area contributed by atoms with Gasteiger partial charge in [0.1, 0.15) is 17.2 Å². The maximum atomic E-state index is 11.6. The van der Waals surface area contributed by atoms with Crippen LogP contribution < -0.4 is 20.1 Å². The fraction of sp³-hybridized carbons (Fsp3) is 0.417. The molecule has 1 rings (SSSR count). The van der Waals surface area contributed by atoms with Gasteiger partial charge in [0.05, 0.1) is 14.2 Å². The lowest BCUT2D eigenvalue weighted by atomic mass is 10.2. The van der Waals surface area contributed by atoms with Gasteiger partial charge in [0.2, 0.25) is 0 Å². The molecule has 2 amide bonds. The first-order valence-electron chi connectivity index (χ1n) is 5.59. The summed E-state index contributed by atoms with van der Waals surface area (Å²) in [7, 11) is 3.03. The van der Waals surface area contributed by atoms with Crippen LogP contribution >= 0.6 is 0 Å². The Morgan fingerprint density at radius 1 is 1.28 bits per heavy atom. The smallest absolute Gasteiger partial charge is 0.319 e. The minimum absolute atomic E-state index is 0.0399. The number of ether oxygens (including phenoxy) is 2. The summed E-state index contributed by atoms with van der Waals surface area (Å²) in [6, 6.07) is 4.86. The van der Waals surface area contributed by atoms with Crippen LogP contribution in [0.2, 0.25) is 0 Å². The third-order valence-corrected chi connectivity index (χ3v) is 2.29. The Labute approximate surface area is 106 Å². The van der Waals surface area contributed by atoms with Crippen LogP contribution in [0, 0.1) is 0 Å². The minimum atomic E-state index is -0.369. The number of urea groups is 1. The highest BCUT2D eigenvalue weighted by atomic mass is 16.5. The van der Waals surface area contributed by atoms with Gasteiger partial charge in [-0.1, -0.05) is 6.07 Å². The van der Waals surface area contributed by atoms with Crippen LogP contribution in [0.15, 0.2) is 18.2 Å². The Morgan fingerprint density at radius 3 is 2.39 bits per heavy atom. The predicted octanol–water partition coefficient (Wildman–Crippen LogP) is 1.21. The van der Waals surface area contributed by atoms with Crippen LogP contribution in [0.25, 0.3) is 0 Å². The van der Waals surface area contributed by atoms with Crippen molar-refractivity contribution in [2.24, 2.45) is 0 Å². The number of aliphatic hydroxyl groups is 1. The second-order valence-electron chi connectivity index (χ2n) is 3.50. The van der Waals surface area contributed by atoms with E-state index in [1.54, 1.807) is 18.2 Å². The van der Waals surface area contributed by atoms with Gasteiger partial charge in [-0.05, 0) is 18.6 Å². The van der Waals surface area contributed by atoms with Crippen molar-refractivity contribution in [3.63, 3.8) is 0 Å². The van der Waals surface area contributed by atoms with Gasteiger partial charge in [-0.2, -0.15) is 0 Å². The first kappa shape index (κ1) is 14.1. The molecule has 3 N–H and O–H groups in total. The molecule has 0 atom stereocenters. The molecule has 1 aromatic carbocycles. The molecule has 0 fully saturated rings. The average molecular weight is 254 g/mol. The van der Waals surface area contributed by atoms with E-state index in [9.17, 15) is 4.79 Å². The van der Waals surface area contributed by atoms with Crippen molar-refractivity contribution < 1.29 is 19.4 Å². The average Bonchev–Trinajstić information content (AvgIpc) is 2.39. The molecule has 100 valence electrons. The van der Waals surface area contributed by atoms with Gasteiger partial charge < -0.3 is 25.2 Å². The summed E-state index contributed by atoms with van der Waals surface area (Å²) in [6.07, 6.45) is 0.510. The number of nitrogens with one attached hydrogen (secondary N) is 2. The Balaban J connectivity index is 2.72. The number of methoxy groups -OCH3 is 2. The van der Waals surface area contributed by atoms with Crippen molar-refractivity contribution in [3.05, 3.63) is 18.2 Å². The highest BCUT2D eigenvalue weighted by Crippen LogP contribution is 2.33. The SMILES string of the molecule is COc1cccc(OC)c1NC(=O)NCCCO. The first-order chi connectivity index (χ1) is 8.72. The molecule has 0 bridgehead atoms. The Morgan fingerprint density at radius 2 is 1.89 bits per heavy atom. The van der Waals surface area contributed by atoms with Gasteiger partial charge in [0.25, 0.3) is 0 Å². The summed E-state index contributed by atoms with van der Waals surface area (Å²) in [5.41, 5.74) is 0.476. The van der Waals surface area contributed by atoms with Crippen molar-refractivity contribution >= 4 is 11.7 Å². The lowest BCUT2D eigenvalue weighted by molar-refractivity contribution is 0.248. The molecular weight excluding hydrogens is 236 g/mol. The largest absolute Gasteiger partial charge is 0.494 e. The molecule has 6 nitrogen and oxygen atoms in total. The van der Waals surface area contributed by atoms with Crippen LogP contribution in [0.3, 0.4) is 0 Å². The normalized spacial score (nSPS) is 9.72. The van der Waals surface area contributed by atoms with Gasteiger partial charge in [-0.3, -0.25) is 0 Å². The Bertz CT molecular complexity index is 373. The molecule has 0 aliphatic carbocycles. The molecule has 0 unspecified atom stereocenters. The molecule has 0 aliphatic rings. The van der Waals surface area contributed by atoms with Gasteiger partial charge in [-0.25, -0.2) is 4.79 Å². The van der Waals surface area contributed by atoms with E-state index in [2.05, 4.69) is 10.6 Å². The number of carbonyl (C=O) groups is 1. The van der Waals surface area contributed by atoms with E-state index in [1.807, 2.05) is 0 Å². The summed E-state index contributed by atoms with van der Waals surface area (Å²) in [5.74, 6) is 1.04. The summed E-state index contributed by atoms with van der Waals surface area (Å²) in [6.45, 7) is 0.443. The summed E-state index contributed by atoms with van der Waals surface area (Å²) in [4.78, 5) is 11.6. The fourth-order valence-electron chi connectivity index (χ4n) is 1.41. The second kappa shape index (κ2) is 7.39. The van der Waals surface area contributed by atoms with Crippen LogP contribution in [0.5, 0.6) is 11.5 Å². The third kappa shape index (κ3) is 3.81. The number of benzene rings is 1. The lowest BCUT2D eigenvalue weighted by Crippen LogP contribution is -2.30. The van der Waals surface area contributed by atoms with E-state index in [4.69, 9.17) is 14.6 Å². The van der Waals surface area contributed by atoms with Crippen LogP contribution in [0.1, 0.15) is 6.42 Å². The number of aliphatic hydroxyl groups excluding tert-OH is 1. The number of para-hydroxylation sites is 1. The second-order valence-corrected chi connectivity index (χ2v) is 3.50. The molecular formula is C12H18N2O4. The zero-order valence-electron chi connectivity index (χ0n) is 10.5. The van der Waals surface area contributed by atoms with Crippen LogP contribution in [-0.2, 0) is 0 Å². The highest BCUT2D eigenvalue weighted by molar-refractivity contribution is 5.92. The molecule has 0 saturated carbocycles. The van der Waals surface area contributed by atoms with E-state index in [1.165, 1.54) is 14.2 Å². The molecule has 1 aromatic rings. The maximum absolute atomic E-state index is 11.6. The van der Waals surface area contributed by atoms with Crippen molar-refractivity contribution in [2.45, 2.75) is 6.42 Å². The number of rotatable bonds is 6. The lowest BCUT2D eigenvalue weighted by Gasteiger charge is -2.14. The third-order valence-electron chi connectivity index (χ3n) is 2.29. The van der Waals surface area contributed by atoms with Gasteiger partial charge in [-0.15, -0.1) is 0 Å². The molecule has 6 heteroatoms. The Hall–Kier alpha value is -1.95. The molecule has 0 radical (unpaired) electrons. The summed E-state index contributed by atoms with van der Waals surface area (Å²) >= 11 is 0. The van der Waals surface area contributed by atoms with E-state index < -0.39 is 0 Å². The quantitative estimate of drug-likeness (QED) is 0.667. The molecule has 0 spiro atoms. The van der Waals surface area contributed by atoms with Crippen LogP contribution in [-0.4, -0.2) is 38.5 Å². The fourth-order valence-corrected chi connectivity index (χ4v) is 1.41. The molecule has 0 aliphatic heterocycles. The minimum Gasteiger partial charge on any atom is -0.494 e.